The highest BCUT2D eigenvalue weighted by atomic mass is 16.7. The Morgan fingerprint density at radius 3 is 2.36 bits per heavy atom. The largest absolute Gasteiger partial charge is 0.459 e. The number of aliphatic imine (C=N–C) groups is 1. The van der Waals surface area contributed by atoms with Crippen LogP contribution in [0.15, 0.2) is 4.99 Å². The average Bonchev–Trinajstić information content (AvgIpc) is 2.95. The molecule has 4 rings (SSSR count). The lowest BCUT2D eigenvalue weighted by atomic mass is 9.79. The van der Waals surface area contributed by atoms with Crippen molar-refractivity contribution in [2.45, 2.75) is 142 Å². The summed E-state index contributed by atoms with van der Waals surface area (Å²) in [7, 11) is 3.80. The van der Waals surface area contributed by atoms with Gasteiger partial charge in [0.15, 0.2) is 12.1 Å². The van der Waals surface area contributed by atoms with E-state index in [4.69, 9.17) is 28.7 Å². The van der Waals surface area contributed by atoms with E-state index in [2.05, 4.69) is 0 Å². The maximum atomic E-state index is 14.1. The molecule has 11 heteroatoms. The molecule has 0 amide bonds. The van der Waals surface area contributed by atoms with Crippen molar-refractivity contribution >= 4 is 18.0 Å². The molecular weight excluding hydrogens is 568 g/mol. The summed E-state index contributed by atoms with van der Waals surface area (Å²) in [6, 6.07) is -0.478. The number of aliphatic hydroxyl groups is 2. The number of aliphatic hydroxyl groups excluding tert-OH is 1. The third-order valence-electron chi connectivity index (χ3n) is 9.71. The van der Waals surface area contributed by atoms with Crippen LogP contribution >= 0.6 is 0 Å². The van der Waals surface area contributed by atoms with Crippen molar-refractivity contribution in [3.63, 3.8) is 0 Å². The normalized spacial score (nSPS) is 46.9. The molecular formula is C33H58N2O9. The van der Waals surface area contributed by atoms with Crippen LogP contribution in [0.5, 0.6) is 0 Å². The summed E-state index contributed by atoms with van der Waals surface area (Å²) in [5, 5.41) is 23.2. The summed E-state index contributed by atoms with van der Waals surface area (Å²) in [6.07, 6.45) is -1.66. The molecule has 4 aliphatic heterocycles. The van der Waals surface area contributed by atoms with Gasteiger partial charge in [-0.2, -0.15) is 0 Å². The Morgan fingerprint density at radius 1 is 1.09 bits per heavy atom. The number of nitrogens with zero attached hydrogens (tertiary/aromatic N) is 2. The number of rotatable bonds is 4. The predicted octanol–water partition coefficient (Wildman–Crippen LogP) is 3.02. The van der Waals surface area contributed by atoms with Crippen LogP contribution in [-0.4, -0.2) is 120 Å². The van der Waals surface area contributed by atoms with Crippen molar-refractivity contribution in [3.05, 3.63) is 0 Å². The summed E-state index contributed by atoms with van der Waals surface area (Å²) in [4.78, 5) is 34.4. The smallest absolute Gasteiger partial charge is 0.316 e. The number of esters is 1. The van der Waals surface area contributed by atoms with Gasteiger partial charge in [-0.15, -0.1) is 0 Å². The molecule has 0 spiro atoms. The second kappa shape index (κ2) is 15.0. The van der Waals surface area contributed by atoms with Gasteiger partial charge in [0.1, 0.15) is 23.7 Å². The number of likely N-dealkylation sites (N-methyl/N-ethyl adjacent to an activating group) is 1. The summed E-state index contributed by atoms with van der Waals surface area (Å²) < 4.78 is 31.7. The molecule has 0 radical (unpaired) electrons. The highest BCUT2D eigenvalue weighted by Crippen LogP contribution is 2.37. The Labute approximate surface area is 264 Å². The minimum absolute atomic E-state index is 0.0838. The number of Topliss-reactive ketones (excluding diaryl/α,β-unsaturated/α-hetero) is 1. The number of carbonyl (C=O) groups is 2. The number of carbonyl (C=O) groups excluding carboxylic acids is 2. The summed E-state index contributed by atoms with van der Waals surface area (Å²) in [5.74, 6) is -3.50. The minimum Gasteiger partial charge on any atom is -0.459 e. The minimum atomic E-state index is -1.56. The van der Waals surface area contributed by atoms with Crippen LogP contribution in [0.4, 0.5) is 0 Å². The first-order valence-corrected chi connectivity index (χ1v) is 16.3. The molecule has 0 saturated carbocycles. The lowest BCUT2D eigenvalue weighted by Gasteiger charge is -2.47. The average molecular weight is 627 g/mol. The Hall–Kier alpha value is -1.47. The number of ether oxygens (including phenoxy) is 5. The molecule has 4 heterocycles. The molecule has 4 aliphatic rings. The van der Waals surface area contributed by atoms with Gasteiger partial charge in [0.05, 0.1) is 37.1 Å². The molecule has 2 saturated heterocycles. The van der Waals surface area contributed by atoms with Gasteiger partial charge < -0.3 is 38.8 Å². The third-order valence-corrected chi connectivity index (χ3v) is 9.71. The van der Waals surface area contributed by atoms with E-state index in [1.54, 1.807) is 20.1 Å². The second-order valence-electron chi connectivity index (χ2n) is 14.3. The second-order valence-corrected chi connectivity index (χ2v) is 14.3. The molecule has 0 aromatic carbocycles. The zero-order chi connectivity index (χ0) is 33.1. The summed E-state index contributed by atoms with van der Waals surface area (Å²) >= 11 is 0. The van der Waals surface area contributed by atoms with E-state index >= 15 is 0 Å². The maximum Gasteiger partial charge on any atom is 0.316 e. The van der Waals surface area contributed by atoms with Gasteiger partial charge in [-0.3, -0.25) is 14.6 Å². The van der Waals surface area contributed by atoms with Gasteiger partial charge in [-0.05, 0) is 61.6 Å². The van der Waals surface area contributed by atoms with Crippen molar-refractivity contribution in [1.82, 2.24) is 4.90 Å². The van der Waals surface area contributed by atoms with Gasteiger partial charge in [0, 0.05) is 42.5 Å². The summed E-state index contributed by atoms with van der Waals surface area (Å²) in [5.41, 5.74) is -2.63. The molecule has 254 valence electrons. The Morgan fingerprint density at radius 2 is 1.75 bits per heavy atom. The molecule has 14 atom stereocenters. The van der Waals surface area contributed by atoms with Crippen LogP contribution in [0.3, 0.4) is 0 Å². The van der Waals surface area contributed by atoms with E-state index in [-0.39, 0.29) is 49.0 Å². The molecule has 2 bridgehead atoms. The van der Waals surface area contributed by atoms with Crippen LogP contribution in [0, 0.1) is 23.7 Å². The number of hydrogen-bond acceptors (Lipinski definition) is 11. The van der Waals surface area contributed by atoms with Crippen molar-refractivity contribution < 1.29 is 43.5 Å². The van der Waals surface area contributed by atoms with Crippen LogP contribution in [0.1, 0.15) is 81.6 Å². The fraction of sp³-hybridized carbons (Fsp3) is 0.909. The summed E-state index contributed by atoms with van der Waals surface area (Å²) in [6.45, 7) is 17.0. The van der Waals surface area contributed by atoms with Gasteiger partial charge in [0.25, 0.3) is 0 Å². The van der Waals surface area contributed by atoms with Crippen molar-refractivity contribution in [2.75, 3.05) is 27.3 Å². The fourth-order valence-corrected chi connectivity index (χ4v) is 7.05. The van der Waals surface area contributed by atoms with Gasteiger partial charge in [0.2, 0.25) is 0 Å². The Balaban J connectivity index is 2.17. The molecule has 0 aromatic heterocycles. The van der Waals surface area contributed by atoms with Crippen molar-refractivity contribution in [3.8, 4) is 0 Å². The zero-order valence-electron chi connectivity index (χ0n) is 28.7. The first kappa shape index (κ1) is 37.0. The fourth-order valence-electron chi connectivity index (χ4n) is 7.05. The van der Waals surface area contributed by atoms with Crippen LogP contribution in [0.2, 0.25) is 0 Å². The van der Waals surface area contributed by atoms with E-state index < -0.39 is 59.7 Å². The first-order valence-electron chi connectivity index (χ1n) is 16.3. The molecule has 44 heavy (non-hydrogen) atoms. The van der Waals surface area contributed by atoms with E-state index in [1.807, 2.05) is 60.5 Å². The molecule has 11 nitrogen and oxygen atoms in total. The topological polar surface area (TPSA) is 136 Å². The molecule has 2 N–H and O–H groups in total. The van der Waals surface area contributed by atoms with Gasteiger partial charge in [-0.1, -0.05) is 27.7 Å². The molecule has 1 unspecified atom stereocenters. The van der Waals surface area contributed by atoms with Gasteiger partial charge in [-0.25, -0.2) is 0 Å². The molecule has 0 aliphatic carbocycles. The molecule has 0 aromatic rings. The number of hydrogen-bond donors (Lipinski definition) is 2. The third kappa shape index (κ3) is 8.27. The maximum absolute atomic E-state index is 14.1. The van der Waals surface area contributed by atoms with Crippen molar-refractivity contribution in [1.29, 1.82) is 0 Å². The van der Waals surface area contributed by atoms with E-state index in [0.717, 1.165) is 0 Å². The van der Waals surface area contributed by atoms with E-state index in [1.165, 1.54) is 6.92 Å². The monoisotopic (exact) mass is 626 g/mol. The van der Waals surface area contributed by atoms with Gasteiger partial charge >= 0.3 is 5.97 Å². The lowest BCUT2D eigenvalue weighted by molar-refractivity contribution is -0.298. The van der Waals surface area contributed by atoms with Crippen molar-refractivity contribution in [2.24, 2.45) is 28.7 Å². The zero-order valence-corrected chi connectivity index (χ0v) is 28.7. The van der Waals surface area contributed by atoms with E-state index in [0.29, 0.717) is 19.3 Å². The van der Waals surface area contributed by atoms with Crippen LogP contribution in [-0.2, 0) is 33.3 Å². The Bertz CT molecular complexity index is 1010. The highest BCUT2D eigenvalue weighted by molar-refractivity contribution is 6.00. The quantitative estimate of drug-likeness (QED) is 0.354. The standard InChI is InChI=1S/C33H58N2O9/c1-12-25-33(9,39)28-19(3)15-34-20(4)14-32(8,41-17-18(2)16-40-28)29(22(6)26(36)23(7)30(38)43-25)44-31-27(37)24(35(10)11)13-21(5)42-31/h15,18-25,27-29,31,37,39H,12-14,16-17H2,1-11H3/t18?,19-,20+,21+,22-,23+,24-,25+,27+,28-,29+,31-,32+,33+/m0/s1. The first-order chi connectivity index (χ1) is 20.4. The number of fused-ring (bicyclic) bond motifs is 14. The highest BCUT2D eigenvalue weighted by Gasteiger charge is 2.51. The molecule has 2 fully saturated rings. The van der Waals surface area contributed by atoms with Crippen LogP contribution < -0.4 is 0 Å². The lowest BCUT2D eigenvalue weighted by Crippen LogP contribution is -2.59. The SMILES string of the molecule is CC[C@H]1OC(=O)[C@H](C)C(=O)[C@H](C)[C@@H](O[C@@H]2O[C@H](C)C[C@H](N(C)C)[C@H]2O)[C@@]2(C)C[C@@H](C)N=C[C@H](C)[C@H](OCC(C)CO2)[C@]1(C)O. The number of ketones is 1. The van der Waals surface area contributed by atoms with Crippen LogP contribution in [0.25, 0.3) is 0 Å². The Kier molecular flexibility index (Phi) is 12.6. The predicted molar refractivity (Wildman–Crippen MR) is 166 cm³/mol. The van der Waals surface area contributed by atoms with E-state index in [9.17, 15) is 19.8 Å².